The number of nitrogens with zero attached hydrogens (tertiary/aromatic N) is 1. The van der Waals surface area contributed by atoms with Gasteiger partial charge in [0, 0.05) is 17.6 Å². The van der Waals surface area contributed by atoms with E-state index in [1.807, 2.05) is 18.2 Å². The first kappa shape index (κ1) is 11.8. The quantitative estimate of drug-likeness (QED) is 0.904. The molecule has 1 fully saturated rings. The van der Waals surface area contributed by atoms with Crippen molar-refractivity contribution in [3.05, 3.63) is 24.4 Å². The molecule has 0 atom stereocenters. The van der Waals surface area contributed by atoms with Crippen LogP contribution in [0.4, 0.5) is 0 Å². The molecular weight excluding hydrogens is 256 g/mol. The molecule has 2 N–H and O–H groups in total. The average molecular weight is 272 g/mol. The normalized spacial score (nSPS) is 24.2. The molecule has 20 heavy (non-hydrogen) atoms. The molecule has 0 spiro atoms. The van der Waals surface area contributed by atoms with Crippen LogP contribution in [0.1, 0.15) is 12.8 Å². The van der Waals surface area contributed by atoms with Gasteiger partial charge in [-0.3, -0.25) is 0 Å². The highest BCUT2D eigenvalue weighted by Crippen LogP contribution is 2.38. The minimum absolute atomic E-state index is 0.177. The summed E-state index contributed by atoms with van der Waals surface area (Å²) in [5.41, 5.74) is 5.79. The Morgan fingerprint density at radius 1 is 1.15 bits per heavy atom. The van der Waals surface area contributed by atoms with Crippen LogP contribution in [-0.2, 0) is 0 Å². The molecule has 0 bridgehead atoms. The molecule has 4 rings (SSSR count). The van der Waals surface area contributed by atoms with Gasteiger partial charge in [0.2, 0.25) is 5.88 Å². The van der Waals surface area contributed by atoms with Crippen molar-refractivity contribution in [2.45, 2.75) is 25.0 Å². The summed E-state index contributed by atoms with van der Waals surface area (Å²) in [6.07, 6.45) is 3.72. The van der Waals surface area contributed by atoms with Crippen molar-refractivity contribution in [1.29, 1.82) is 0 Å². The Bertz CT molecular complexity index is 653. The van der Waals surface area contributed by atoms with E-state index in [4.69, 9.17) is 19.9 Å². The molecule has 5 nitrogen and oxygen atoms in total. The first-order valence-corrected chi connectivity index (χ1v) is 6.90. The van der Waals surface area contributed by atoms with Crippen LogP contribution in [-0.4, -0.2) is 30.3 Å². The molecule has 1 aromatic heterocycles. The molecule has 1 saturated carbocycles. The predicted molar refractivity (Wildman–Crippen MR) is 74.4 cm³/mol. The molecule has 0 unspecified atom stereocenters. The molecule has 1 aliphatic carbocycles. The van der Waals surface area contributed by atoms with Gasteiger partial charge in [0.05, 0.1) is 0 Å². The summed E-state index contributed by atoms with van der Waals surface area (Å²) in [5, 5.41) is 2.00. The van der Waals surface area contributed by atoms with Gasteiger partial charge in [-0.15, -0.1) is 0 Å². The van der Waals surface area contributed by atoms with Crippen molar-refractivity contribution in [1.82, 2.24) is 4.98 Å². The average Bonchev–Trinajstić information content (AvgIpc) is 2.44. The number of hydrogen-bond acceptors (Lipinski definition) is 5. The maximum atomic E-state index is 5.94. The van der Waals surface area contributed by atoms with Crippen molar-refractivity contribution < 1.29 is 14.2 Å². The Kier molecular flexibility index (Phi) is 2.67. The molecule has 2 heterocycles. The fourth-order valence-electron chi connectivity index (χ4n) is 2.64. The molecule has 5 heteroatoms. The summed E-state index contributed by atoms with van der Waals surface area (Å²) >= 11 is 0. The Morgan fingerprint density at radius 3 is 2.65 bits per heavy atom. The Labute approximate surface area is 116 Å². The lowest BCUT2D eigenvalue weighted by molar-refractivity contribution is 0.0976. The van der Waals surface area contributed by atoms with Crippen LogP contribution in [0.25, 0.3) is 10.8 Å². The van der Waals surface area contributed by atoms with E-state index in [0.29, 0.717) is 19.1 Å². The summed E-state index contributed by atoms with van der Waals surface area (Å²) in [6.45, 7) is 1.17. The van der Waals surface area contributed by atoms with Crippen LogP contribution in [0, 0.1) is 0 Å². The zero-order chi connectivity index (χ0) is 13.5. The van der Waals surface area contributed by atoms with Gasteiger partial charge in [-0.2, -0.15) is 0 Å². The van der Waals surface area contributed by atoms with Crippen LogP contribution < -0.4 is 19.9 Å². The van der Waals surface area contributed by atoms with Gasteiger partial charge in [-0.1, -0.05) is 0 Å². The number of benzene rings is 1. The third-order valence-corrected chi connectivity index (χ3v) is 3.80. The van der Waals surface area contributed by atoms with Gasteiger partial charge < -0.3 is 19.9 Å². The Hall–Kier alpha value is -2.01. The van der Waals surface area contributed by atoms with Crippen molar-refractivity contribution in [2.75, 3.05) is 13.2 Å². The number of ether oxygens (including phenoxy) is 3. The summed E-state index contributed by atoms with van der Waals surface area (Å²) in [5.74, 6) is 2.19. The van der Waals surface area contributed by atoms with Crippen LogP contribution in [0.2, 0.25) is 0 Å². The topological polar surface area (TPSA) is 66.6 Å². The summed E-state index contributed by atoms with van der Waals surface area (Å²) in [7, 11) is 0. The van der Waals surface area contributed by atoms with Gasteiger partial charge in [-0.25, -0.2) is 4.98 Å². The van der Waals surface area contributed by atoms with Gasteiger partial charge >= 0.3 is 0 Å². The molecule has 1 aliphatic heterocycles. The lowest BCUT2D eigenvalue weighted by Gasteiger charge is -2.32. The van der Waals surface area contributed by atoms with E-state index in [9.17, 15) is 0 Å². The SMILES string of the molecule is NC1CC(Oc2nccc3cc4c(cc23)OCCO4)C1. The van der Waals surface area contributed by atoms with Gasteiger partial charge in [0.25, 0.3) is 0 Å². The van der Waals surface area contributed by atoms with Gasteiger partial charge in [0.1, 0.15) is 19.3 Å². The highest BCUT2D eigenvalue weighted by molar-refractivity contribution is 5.90. The second kappa shape index (κ2) is 4.52. The first-order valence-electron chi connectivity index (χ1n) is 6.90. The van der Waals surface area contributed by atoms with Gasteiger partial charge in [0.15, 0.2) is 11.5 Å². The largest absolute Gasteiger partial charge is 0.486 e. The zero-order valence-electron chi connectivity index (χ0n) is 11.0. The van der Waals surface area contributed by atoms with Crippen LogP contribution in [0.15, 0.2) is 24.4 Å². The van der Waals surface area contributed by atoms with Crippen molar-refractivity contribution in [2.24, 2.45) is 5.73 Å². The van der Waals surface area contributed by atoms with E-state index in [0.717, 1.165) is 35.1 Å². The first-order chi connectivity index (χ1) is 9.79. The molecule has 104 valence electrons. The summed E-state index contributed by atoms with van der Waals surface area (Å²) < 4.78 is 17.2. The highest BCUT2D eigenvalue weighted by atomic mass is 16.6. The van der Waals surface area contributed by atoms with Crippen molar-refractivity contribution in [3.63, 3.8) is 0 Å². The molecule has 0 saturated heterocycles. The minimum atomic E-state index is 0.177. The number of fused-ring (bicyclic) bond motifs is 2. The van der Waals surface area contributed by atoms with Crippen LogP contribution >= 0.6 is 0 Å². The van der Waals surface area contributed by atoms with Crippen LogP contribution in [0.5, 0.6) is 17.4 Å². The summed E-state index contributed by atoms with van der Waals surface area (Å²) in [6, 6.07) is 6.14. The standard InChI is InChI=1S/C15H16N2O3/c16-10-6-11(7-10)20-15-12-8-14-13(18-3-4-19-14)5-9(12)1-2-17-15/h1-2,5,8,10-11H,3-4,6-7,16H2. The van der Waals surface area contributed by atoms with Crippen LogP contribution in [0.3, 0.4) is 0 Å². The number of rotatable bonds is 2. The minimum Gasteiger partial charge on any atom is -0.486 e. The molecule has 1 aromatic carbocycles. The van der Waals surface area contributed by atoms with Crippen molar-refractivity contribution in [3.8, 4) is 17.4 Å². The Morgan fingerprint density at radius 2 is 1.90 bits per heavy atom. The number of pyridine rings is 1. The maximum absolute atomic E-state index is 5.94. The van der Waals surface area contributed by atoms with E-state index in [1.54, 1.807) is 6.20 Å². The van der Waals surface area contributed by atoms with E-state index in [1.165, 1.54) is 0 Å². The summed E-state index contributed by atoms with van der Waals surface area (Å²) in [4.78, 5) is 4.34. The van der Waals surface area contributed by atoms with Gasteiger partial charge in [-0.05, 0) is 36.4 Å². The zero-order valence-corrected chi connectivity index (χ0v) is 11.0. The molecule has 2 aliphatic rings. The lowest BCUT2D eigenvalue weighted by atomic mass is 9.90. The fourth-order valence-corrected chi connectivity index (χ4v) is 2.64. The van der Waals surface area contributed by atoms with E-state index >= 15 is 0 Å². The fraction of sp³-hybridized carbons (Fsp3) is 0.400. The molecular formula is C15H16N2O3. The molecule has 0 radical (unpaired) electrons. The van der Waals surface area contributed by atoms with Crippen molar-refractivity contribution >= 4 is 10.8 Å². The number of nitrogens with two attached hydrogens (primary N) is 1. The smallest absolute Gasteiger partial charge is 0.221 e. The van der Waals surface area contributed by atoms with E-state index < -0.39 is 0 Å². The number of hydrogen-bond donors (Lipinski definition) is 1. The second-order valence-electron chi connectivity index (χ2n) is 5.30. The van der Waals surface area contributed by atoms with E-state index in [-0.39, 0.29) is 12.1 Å². The predicted octanol–water partition coefficient (Wildman–Crippen LogP) is 1.87. The third kappa shape index (κ3) is 1.94. The molecule has 0 amide bonds. The second-order valence-corrected chi connectivity index (χ2v) is 5.30. The maximum Gasteiger partial charge on any atom is 0.221 e. The molecule has 2 aromatic rings. The third-order valence-electron chi connectivity index (χ3n) is 3.80. The monoisotopic (exact) mass is 272 g/mol. The Balaban J connectivity index is 1.73. The van der Waals surface area contributed by atoms with E-state index in [2.05, 4.69) is 4.98 Å². The number of aromatic nitrogens is 1. The highest BCUT2D eigenvalue weighted by Gasteiger charge is 2.28. The lowest BCUT2D eigenvalue weighted by Crippen LogP contribution is -2.43.